The predicted molar refractivity (Wildman–Crippen MR) is 151 cm³/mol. The van der Waals surface area contributed by atoms with E-state index in [1.54, 1.807) is 44.0 Å². The van der Waals surface area contributed by atoms with Gasteiger partial charge in [-0.3, -0.25) is 24.8 Å². The lowest BCUT2D eigenvalue weighted by Crippen LogP contribution is -2.53. The number of ether oxygens (including phenoxy) is 3. The van der Waals surface area contributed by atoms with Gasteiger partial charge < -0.3 is 24.8 Å². The molecular weight excluding hydrogens is 542 g/mol. The molecule has 0 aliphatic heterocycles. The number of benzene rings is 1. The maximum Gasteiger partial charge on any atom is 0.334 e. The lowest BCUT2D eigenvalue weighted by molar-refractivity contribution is -0.158. The van der Waals surface area contributed by atoms with Crippen LogP contribution in [0.5, 0.6) is 0 Å². The van der Waals surface area contributed by atoms with Gasteiger partial charge in [0, 0.05) is 61.4 Å². The van der Waals surface area contributed by atoms with E-state index in [4.69, 9.17) is 25.8 Å². The maximum absolute atomic E-state index is 12.7. The second-order valence-electron chi connectivity index (χ2n) is 8.88. The van der Waals surface area contributed by atoms with Crippen LogP contribution in [-0.4, -0.2) is 98.3 Å². The minimum Gasteiger partial charge on any atom is -0.465 e. The molecule has 0 aliphatic rings. The number of fused-ring (bicyclic) bond motifs is 1. The Morgan fingerprint density at radius 3 is 2.38 bits per heavy atom. The van der Waals surface area contributed by atoms with Crippen LogP contribution < -0.4 is 16.0 Å². The Hall–Kier alpha value is -3.48. The van der Waals surface area contributed by atoms with Gasteiger partial charge in [0.1, 0.15) is 6.61 Å². The van der Waals surface area contributed by atoms with Crippen LogP contribution in [0.1, 0.15) is 27.7 Å². The standard InChI is InChI=1S/C27H38ClN5O7/c1-5-38-26(36)25(27(37)39-6-2)32-18(3)16-33(13-14-40-19(4)34)17-24(35)31-12-11-30-22-9-10-29-23-15-20(28)7-8-21(22)23/h7-10,15,18,25,32H,5-6,11-14,16-17H2,1-4H3,(H,29,30)(H,31,35). The molecule has 0 saturated carbocycles. The van der Waals surface area contributed by atoms with Crippen molar-refractivity contribution >= 4 is 52.0 Å². The van der Waals surface area contributed by atoms with Gasteiger partial charge in [-0.2, -0.15) is 0 Å². The smallest absolute Gasteiger partial charge is 0.334 e. The van der Waals surface area contributed by atoms with Gasteiger partial charge in [0.25, 0.3) is 0 Å². The molecule has 1 aromatic heterocycles. The number of hydrogen-bond donors (Lipinski definition) is 3. The topological polar surface area (TPSA) is 148 Å². The second kappa shape index (κ2) is 17.3. The number of carbonyl (C=O) groups is 4. The summed E-state index contributed by atoms with van der Waals surface area (Å²) >= 11 is 6.05. The minimum absolute atomic E-state index is 0.00739. The number of aromatic nitrogens is 1. The van der Waals surface area contributed by atoms with Gasteiger partial charge in [-0.15, -0.1) is 0 Å². The molecule has 1 atom stereocenters. The summed E-state index contributed by atoms with van der Waals surface area (Å²) in [7, 11) is 0. The number of amides is 1. The Labute approximate surface area is 239 Å². The van der Waals surface area contributed by atoms with Gasteiger partial charge in [-0.05, 0) is 45.0 Å². The highest BCUT2D eigenvalue weighted by atomic mass is 35.5. The molecule has 1 heterocycles. The molecule has 13 heteroatoms. The molecule has 1 amide bonds. The van der Waals surface area contributed by atoms with Gasteiger partial charge in [0.05, 0.1) is 25.3 Å². The van der Waals surface area contributed by atoms with Crippen molar-refractivity contribution in [1.29, 1.82) is 0 Å². The van der Waals surface area contributed by atoms with E-state index in [0.29, 0.717) is 18.1 Å². The number of nitrogens with one attached hydrogen (secondary N) is 3. The molecule has 3 N–H and O–H groups in total. The van der Waals surface area contributed by atoms with Crippen LogP contribution in [0.25, 0.3) is 10.9 Å². The summed E-state index contributed by atoms with van der Waals surface area (Å²) in [6.45, 7) is 8.03. The molecule has 220 valence electrons. The Morgan fingerprint density at radius 1 is 1.02 bits per heavy atom. The largest absolute Gasteiger partial charge is 0.465 e. The van der Waals surface area contributed by atoms with Crippen molar-refractivity contribution in [2.75, 3.05) is 57.9 Å². The highest BCUT2D eigenvalue weighted by Crippen LogP contribution is 2.24. The summed E-state index contributed by atoms with van der Waals surface area (Å²) in [6.07, 6.45) is 1.68. The fourth-order valence-electron chi connectivity index (χ4n) is 3.89. The van der Waals surface area contributed by atoms with E-state index in [2.05, 4.69) is 20.9 Å². The third-order valence-corrected chi connectivity index (χ3v) is 5.81. The summed E-state index contributed by atoms with van der Waals surface area (Å²) in [6, 6.07) is 5.59. The van der Waals surface area contributed by atoms with E-state index in [1.807, 2.05) is 12.1 Å². The highest BCUT2D eigenvalue weighted by Gasteiger charge is 2.31. The Kier molecular flexibility index (Phi) is 14.1. The lowest BCUT2D eigenvalue weighted by atomic mass is 10.2. The first-order valence-corrected chi connectivity index (χ1v) is 13.5. The number of hydrogen-bond acceptors (Lipinski definition) is 11. The zero-order valence-electron chi connectivity index (χ0n) is 23.3. The molecular formula is C27H38ClN5O7. The molecule has 1 aromatic carbocycles. The van der Waals surface area contributed by atoms with Crippen molar-refractivity contribution in [3.05, 3.63) is 35.5 Å². The van der Waals surface area contributed by atoms with Crippen LogP contribution in [0, 0.1) is 0 Å². The normalized spacial score (nSPS) is 11.8. The van der Waals surface area contributed by atoms with E-state index < -0.39 is 30.0 Å². The average Bonchev–Trinajstić information content (AvgIpc) is 2.89. The van der Waals surface area contributed by atoms with Crippen molar-refractivity contribution in [2.45, 2.75) is 39.8 Å². The molecule has 0 bridgehead atoms. The lowest BCUT2D eigenvalue weighted by Gasteiger charge is -2.27. The van der Waals surface area contributed by atoms with Crippen molar-refractivity contribution in [3.8, 4) is 0 Å². The molecule has 40 heavy (non-hydrogen) atoms. The Bertz CT molecular complexity index is 1130. The molecule has 0 aliphatic carbocycles. The first kappa shape index (κ1) is 32.7. The summed E-state index contributed by atoms with van der Waals surface area (Å²) in [5.41, 5.74) is 1.64. The van der Waals surface area contributed by atoms with E-state index in [9.17, 15) is 19.2 Å². The maximum atomic E-state index is 12.7. The summed E-state index contributed by atoms with van der Waals surface area (Å²) in [5, 5.41) is 10.6. The number of rotatable bonds is 17. The minimum atomic E-state index is -1.30. The van der Waals surface area contributed by atoms with Crippen LogP contribution in [0.15, 0.2) is 30.5 Å². The van der Waals surface area contributed by atoms with E-state index in [0.717, 1.165) is 16.6 Å². The number of pyridine rings is 1. The molecule has 12 nitrogen and oxygen atoms in total. The number of esters is 3. The molecule has 2 rings (SSSR count). The SMILES string of the molecule is CCOC(=O)C(NC(C)CN(CCOC(C)=O)CC(=O)NCCNc1ccnc2cc(Cl)ccc12)C(=O)OCC. The molecule has 0 fully saturated rings. The zero-order chi connectivity index (χ0) is 29.5. The Morgan fingerprint density at radius 2 is 1.73 bits per heavy atom. The fourth-order valence-corrected chi connectivity index (χ4v) is 4.06. The van der Waals surface area contributed by atoms with Crippen molar-refractivity contribution in [2.24, 2.45) is 0 Å². The third kappa shape index (κ3) is 11.3. The number of anilines is 1. The second-order valence-corrected chi connectivity index (χ2v) is 9.31. The summed E-state index contributed by atoms with van der Waals surface area (Å²) in [4.78, 5) is 54.6. The van der Waals surface area contributed by atoms with Gasteiger partial charge in [-0.25, -0.2) is 9.59 Å². The highest BCUT2D eigenvalue weighted by molar-refractivity contribution is 6.31. The predicted octanol–water partition coefficient (Wildman–Crippen LogP) is 1.75. The van der Waals surface area contributed by atoms with Crippen LogP contribution in [0.2, 0.25) is 5.02 Å². The Balaban J connectivity index is 1.93. The molecule has 2 aromatic rings. The van der Waals surface area contributed by atoms with Crippen molar-refractivity contribution in [3.63, 3.8) is 0 Å². The third-order valence-electron chi connectivity index (χ3n) is 5.58. The van der Waals surface area contributed by atoms with Crippen molar-refractivity contribution < 1.29 is 33.4 Å². The van der Waals surface area contributed by atoms with Gasteiger partial charge in [-0.1, -0.05) is 11.6 Å². The number of halogens is 1. The molecule has 0 radical (unpaired) electrons. The summed E-state index contributed by atoms with van der Waals surface area (Å²) in [5.74, 6) is -2.16. The van der Waals surface area contributed by atoms with Crippen LogP contribution >= 0.6 is 11.6 Å². The number of carbonyl (C=O) groups excluding carboxylic acids is 4. The van der Waals surface area contributed by atoms with Gasteiger partial charge in [0.2, 0.25) is 11.9 Å². The monoisotopic (exact) mass is 579 g/mol. The van der Waals surface area contributed by atoms with Crippen LogP contribution in [-0.2, 0) is 33.4 Å². The van der Waals surface area contributed by atoms with Crippen molar-refractivity contribution in [1.82, 2.24) is 20.5 Å². The van der Waals surface area contributed by atoms with E-state index in [1.165, 1.54) is 6.92 Å². The number of nitrogens with zero attached hydrogens (tertiary/aromatic N) is 2. The summed E-state index contributed by atoms with van der Waals surface area (Å²) < 4.78 is 15.0. The van der Waals surface area contributed by atoms with Gasteiger partial charge in [0.15, 0.2) is 0 Å². The fraction of sp³-hybridized carbons (Fsp3) is 0.519. The first-order valence-electron chi connectivity index (χ1n) is 13.1. The van der Waals surface area contributed by atoms with E-state index >= 15 is 0 Å². The average molecular weight is 580 g/mol. The van der Waals surface area contributed by atoms with Crippen LogP contribution in [0.4, 0.5) is 5.69 Å². The molecule has 0 saturated heterocycles. The quantitative estimate of drug-likeness (QED) is 0.109. The molecule has 0 spiro atoms. The first-order chi connectivity index (χ1) is 19.1. The van der Waals surface area contributed by atoms with Crippen LogP contribution in [0.3, 0.4) is 0 Å². The molecule has 1 unspecified atom stereocenters. The zero-order valence-corrected chi connectivity index (χ0v) is 24.1. The van der Waals surface area contributed by atoms with Gasteiger partial charge >= 0.3 is 17.9 Å². The van der Waals surface area contributed by atoms with E-state index in [-0.39, 0.29) is 45.4 Å².